The highest BCUT2D eigenvalue weighted by Gasteiger charge is 2.64. The number of ether oxygens (including phenoxy) is 2. The number of nitrogens with two attached hydrogens (primary N) is 1. The van der Waals surface area contributed by atoms with Gasteiger partial charge in [0.15, 0.2) is 11.5 Å². The molecule has 1 saturated heterocycles. The van der Waals surface area contributed by atoms with E-state index in [9.17, 15) is 35.5 Å². The number of anilines is 2. The minimum absolute atomic E-state index is 0.0520. The first kappa shape index (κ1) is 32.0. The standard InChI is InChI=1S/C27H24ClF8N7O3/c1-45-24-38-15-7-17(18-13(27(34,35)36)3-4-14(37)20(18)29)46-9-12(15)22(39-24)41-5-2-6-43-16(8-41)19(28)21(40-43)23(44)42-10-25(30,31)26(32,33)11-42/h3-4,17H,2,5-11,37H2,1H3. The van der Waals surface area contributed by atoms with Gasteiger partial charge in [-0.2, -0.15) is 45.8 Å². The van der Waals surface area contributed by atoms with Crippen LogP contribution >= 0.6 is 11.6 Å². The first-order chi connectivity index (χ1) is 21.5. The molecule has 0 radical (unpaired) electrons. The zero-order valence-corrected chi connectivity index (χ0v) is 24.5. The fourth-order valence-electron chi connectivity index (χ4n) is 5.80. The number of alkyl halides is 7. The van der Waals surface area contributed by atoms with E-state index >= 15 is 4.39 Å². The highest BCUT2D eigenvalue weighted by Crippen LogP contribution is 2.44. The number of halogens is 9. The molecule has 3 aromatic rings. The van der Waals surface area contributed by atoms with Crippen LogP contribution in [0.2, 0.25) is 5.02 Å². The van der Waals surface area contributed by atoms with Gasteiger partial charge in [0.2, 0.25) is 0 Å². The molecule has 3 aliphatic rings. The van der Waals surface area contributed by atoms with Crippen LogP contribution in [0.3, 0.4) is 0 Å². The molecule has 1 unspecified atom stereocenters. The van der Waals surface area contributed by atoms with Gasteiger partial charge in [0, 0.05) is 30.6 Å². The second-order valence-electron chi connectivity index (χ2n) is 11.1. The summed E-state index contributed by atoms with van der Waals surface area (Å²) < 4.78 is 124. The molecule has 0 bridgehead atoms. The minimum atomic E-state index is -4.90. The largest absolute Gasteiger partial charge is 0.467 e. The van der Waals surface area contributed by atoms with Crippen LogP contribution in [0.1, 0.15) is 51.1 Å². The molecule has 10 nitrogen and oxygen atoms in total. The molecule has 19 heteroatoms. The molecular formula is C27H24ClF8N7O3. The summed E-state index contributed by atoms with van der Waals surface area (Å²) in [7, 11) is 1.28. The van der Waals surface area contributed by atoms with E-state index < -0.39 is 71.4 Å². The predicted octanol–water partition coefficient (Wildman–Crippen LogP) is 5.03. The fraction of sp³-hybridized carbons (Fsp3) is 0.481. The van der Waals surface area contributed by atoms with Crippen molar-refractivity contribution in [3.8, 4) is 6.01 Å². The van der Waals surface area contributed by atoms with E-state index in [1.807, 2.05) is 0 Å². The maximum atomic E-state index is 15.0. The number of aryl methyl sites for hydroxylation is 1. The highest BCUT2D eigenvalue weighted by molar-refractivity contribution is 6.34. The Labute approximate surface area is 260 Å². The number of nitrogens with zero attached hydrogens (tertiary/aromatic N) is 6. The lowest BCUT2D eigenvalue weighted by Gasteiger charge is -2.31. The summed E-state index contributed by atoms with van der Waals surface area (Å²) in [6.45, 7) is -2.84. The van der Waals surface area contributed by atoms with Gasteiger partial charge in [-0.3, -0.25) is 9.48 Å². The van der Waals surface area contributed by atoms with Gasteiger partial charge in [0.1, 0.15) is 5.82 Å². The van der Waals surface area contributed by atoms with Gasteiger partial charge >= 0.3 is 24.0 Å². The second-order valence-corrected chi connectivity index (χ2v) is 11.4. The molecule has 0 spiro atoms. The van der Waals surface area contributed by atoms with E-state index in [2.05, 4.69) is 15.1 Å². The number of likely N-dealkylation sites (tertiary alicyclic amines) is 1. The van der Waals surface area contributed by atoms with Crippen LogP contribution < -0.4 is 15.4 Å². The summed E-state index contributed by atoms with van der Waals surface area (Å²) in [6, 6.07) is 1.36. The molecule has 0 saturated carbocycles. The molecule has 6 rings (SSSR count). The number of carbonyl (C=O) groups is 1. The van der Waals surface area contributed by atoms with Crippen LogP contribution in [0.4, 0.5) is 46.6 Å². The Kier molecular flexibility index (Phi) is 7.73. The summed E-state index contributed by atoms with van der Waals surface area (Å²) in [4.78, 5) is 23.7. The van der Waals surface area contributed by atoms with Gasteiger partial charge in [-0.1, -0.05) is 11.6 Å². The number of benzene rings is 1. The molecule has 1 amide bonds. The zero-order chi connectivity index (χ0) is 33.3. The van der Waals surface area contributed by atoms with Gasteiger partial charge in [-0.25, -0.2) is 4.39 Å². The van der Waals surface area contributed by atoms with Crippen molar-refractivity contribution in [1.29, 1.82) is 0 Å². The maximum absolute atomic E-state index is 15.0. The first-order valence-electron chi connectivity index (χ1n) is 13.8. The molecule has 1 aromatic carbocycles. The topological polar surface area (TPSA) is 112 Å². The summed E-state index contributed by atoms with van der Waals surface area (Å²) >= 11 is 6.50. The molecule has 1 atom stereocenters. The highest BCUT2D eigenvalue weighted by atomic mass is 35.5. The van der Waals surface area contributed by atoms with E-state index in [1.165, 1.54) is 11.8 Å². The lowest BCUT2D eigenvalue weighted by Crippen LogP contribution is -2.38. The van der Waals surface area contributed by atoms with Gasteiger partial charge in [-0.15, -0.1) is 0 Å². The van der Waals surface area contributed by atoms with Crippen LogP contribution in [0, 0.1) is 5.82 Å². The third-order valence-corrected chi connectivity index (χ3v) is 8.51. The lowest BCUT2D eigenvalue weighted by molar-refractivity contribution is -0.172. The van der Waals surface area contributed by atoms with Crippen LogP contribution in [-0.4, -0.2) is 69.1 Å². The number of carbonyl (C=O) groups excluding carboxylic acids is 1. The van der Waals surface area contributed by atoms with E-state index in [0.29, 0.717) is 29.5 Å². The smallest absolute Gasteiger partial charge is 0.416 e. The lowest BCUT2D eigenvalue weighted by atomic mass is 9.94. The monoisotopic (exact) mass is 681 g/mol. The third-order valence-electron chi connectivity index (χ3n) is 8.11. The molecule has 0 aliphatic carbocycles. The third kappa shape index (κ3) is 5.34. The number of rotatable bonds is 4. The predicted molar refractivity (Wildman–Crippen MR) is 144 cm³/mol. The molecule has 1 fully saturated rings. The average Bonchev–Trinajstić information content (AvgIpc) is 3.29. The fourth-order valence-corrected chi connectivity index (χ4v) is 6.08. The number of hydrogen-bond acceptors (Lipinski definition) is 8. The van der Waals surface area contributed by atoms with Crippen molar-refractivity contribution in [3.63, 3.8) is 0 Å². The molecule has 2 aromatic heterocycles. The van der Waals surface area contributed by atoms with E-state index in [1.54, 1.807) is 4.90 Å². The van der Waals surface area contributed by atoms with Crippen LogP contribution in [0.25, 0.3) is 0 Å². The first-order valence-corrected chi connectivity index (χ1v) is 14.2. The Morgan fingerprint density at radius 3 is 2.48 bits per heavy atom. The van der Waals surface area contributed by atoms with Crippen molar-refractivity contribution in [2.45, 2.75) is 56.7 Å². The van der Waals surface area contributed by atoms with Gasteiger partial charge < -0.3 is 25.0 Å². The quantitative estimate of drug-likeness (QED) is 0.302. The Morgan fingerprint density at radius 2 is 1.83 bits per heavy atom. The molecule has 5 heterocycles. The van der Waals surface area contributed by atoms with Crippen molar-refractivity contribution in [2.75, 3.05) is 37.4 Å². The van der Waals surface area contributed by atoms with Gasteiger partial charge in [0.25, 0.3) is 5.91 Å². The normalized spacial score (nSPS) is 20.7. The van der Waals surface area contributed by atoms with E-state index in [-0.39, 0.29) is 54.4 Å². The number of aromatic nitrogens is 4. The van der Waals surface area contributed by atoms with Gasteiger partial charge in [0.05, 0.1) is 67.1 Å². The van der Waals surface area contributed by atoms with Crippen LogP contribution in [0.15, 0.2) is 12.1 Å². The number of nitrogen functional groups attached to an aromatic ring is 1. The number of fused-ring (bicyclic) bond motifs is 2. The van der Waals surface area contributed by atoms with Crippen molar-refractivity contribution >= 4 is 29.0 Å². The minimum Gasteiger partial charge on any atom is -0.467 e. The molecule has 248 valence electrons. The zero-order valence-electron chi connectivity index (χ0n) is 23.8. The number of amides is 1. The maximum Gasteiger partial charge on any atom is 0.416 e. The number of methoxy groups -OCH3 is 1. The Morgan fingerprint density at radius 1 is 1.13 bits per heavy atom. The summed E-state index contributed by atoms with van der Waals surface area (Å²) in [5.74, 6) is -11.0. The Bertz CT molecular complexity index is 1700. The van der Waals surface area contributed by atoms with Crippen molar-refractivity contribution in [1.82, 2.24) is 24.6 Å². The van der Waals surface area contributed by atoms with Crippen LogP contribution in [0.5, 0.6) is 6.01 Å². The summed E-state index contributed by atoms with van der Waals surface area (Å²) in [6.07, 6.45) is -6.19. The summed E-state index contributed by atoms with van der Waals surface area (Å²) in [5, 5.41) is 3.92. The molecule has 3 aliphatic heterocycles. The van der Waals surface area contributed by atoms with Crippen molar-refractivity contribution in [3.05, 3.63) is 56.7 Å². The van der Waals surface area contributed by atoms with Gasteiger partial charge in [-0.05, 0) is 18.6 Å². The van der Waals surface area contributed by atoms with Crippen LogP contribution in [-0.2, 0) is 37.0 Å². The second kappa shape index (κ2) is 11.1. The Balaban J connectivity index is 1.32. The SMILES string of the molecule is COc1nc2c(c(N3CCCn4nc(C(=O)N5CC(F)(F)C(F)(F)C5)c(Cl)c4C3)n1)COC(c1c(C(F)(F)F)ccc(N)c1F)C2. The van der Waals surface area contributed by atoms with Crippen molar-refractivity contribution < 1.29 is 49.4 Å². The number of hydrogen-bond donors (Lipinski definition) is 1. The van der Waals surface area contributed by atoms with E-state index in [4.69, 9.17) is 26.8 Å². The van der Waals surface area contributed by atoms with E-state index in [0.717, 1.165) is 6.07 Å². The van der Waals surface area contributed by atoms with Crippen molar-refractivity contribution in [2.24, 2.45) is 0 Å². The molecule has 46 heavy (non-hydrogen) atoms. The average molecular weight is 682 g/mol. The molecular weight excluding hydrogens is 658 g/mol. The Hall–Kier alpha value is -3.93. The molecule has 2 N–H and O–H groups in total. The summed E-state index contributed by atoms with van der Waals surface area (Å²) in [5.41, 5.74) is 3.50.